The van der Waals surface area contributed by atoms with Gasteiger partial charge in [0, 0.05) is 42.3 Å². The number of ketones is 1. The highest BCUT2D eigenvalue weighted by Crippen LogP contribution is 2.19. The van der Waals surface area contributed by atoms with E-state index in [4.69, 9.17) is 11.6 Å². The normalized spacial score (nSPS) is 15.3. The van der Waals surface area contributed by atoms with Crippen molar-refractivity contribution >= 4 is 23.3 Å². The number of likely N-dealkylation sites (N-methyl/N-ethyl adjacent to an activating group) is 1. The molecule has 0 radical (unpaired) electrons. The number of halogens is 1. The molecule has 24 heavy (non-hydrogen) atoms. The molecule has 0 unspecified atom stereocenters. The van der Waals surface area contributed by atoms with Crippen LogP contribution in [0.2, 0.25) is 5.02 Å². The van der Waals surface area contributed by atoms with Crippen LogP contribution in [0.25, 0.3) is 0 Å². The van der Waals surface area contributed by atoms with Crippen molar-refractivity contribution in [1.82, 2.24) is 9.80 Å². The molecule has 1 fully saturated rings. The molecule has 4 nitrogen and oxygen atoms in total. The average Bonchev–Trinajstić information content (AvgIpc) is 2.62. The third-order valence-corrected chi connectivity index (χ3v) is 4.55. The van der Waals surface area contributed by atoms with Crippen LogP contribution in [-0.4, -0.2) is 54.7 Å². The Labute approximate surface area is 146 Å². The van der Waals surface area contributed by atoms with Gasteiger partial charge < -0.3 is 9.80 Å². The van der Waals surface area contributed by atoms with Crippen LogP contribution in [0.5, 0.6) is 0 Å². The largest absolute Gasteiger partial charge is 0.336 e. The van der Waals surface area contributed by atoms with Crippen LogP contribution in [0.1, 0.15) is 26.3 Å². The Balaban J connectivity index is 1.89. The molecule has 3 rings (SSSR count). The van der Waals surface area contributed by atoms with Gasteiger partial charge in [-0.2, -0.15) is 0 Å². The van der Waals surface area contributed by atoms with Gasteiger partial charge in [0.25, 0.3) is 5.91 Å². The molecule has 2 aromatic rings. The topological polar surface area (TPSA) is 40.6 Å². The van der Waals surface area contributed by atoms with Crippen LogP contribution < -0.4 is 0 Å². The molecule has 5 heteroatoms. The molecule has 2 aromatic carbocycles. The first-order chi connectivity index (χ1) is 11.6. The first kappa shape index (κ1) is 16.7. The molecule has 1 aliphatic rings. The molecule has 0 N–H and O–H groups in total. The summed E-state index contributed by atoms with van der Waals surface area (Å²) in [5, 5.41) is 0.577. The van der Waals surface area contributed by atoms with Crippen molar-refractivity contribution in [1.29, 1.82) is 0 Å². The molecule has 1 heterocycles. The lowest BCUT2D eigenvalue weighted by atomic mass is 9.97. The minimum absolute atomic E-state index is 0.0824. The van der Waals surface area contributed by atoms with Gasteiger partial charge in [0.2, 0.25) is 0 Å². The quantitative estimate of drug-likeness (QED) is 0.805. The van der Waals surface area contributed by atoms with E-state index < -0.39 is 0 Å². The van der Waals surface area contributed by atoms with Gasteiger partial charge in [-0.15, -0.1) is 0 Å². The van der Waals surface area contributed by atoms with Gasteiger partial charge in [0.15, 0.2) is 5.78 Å². The van der Waals surface area contributed by atoms with Crippen molar-refractivity contribution in [3.05, 3.63) is 70.2 Å². The number of amides is 1. The summed E-state index contributed by atoms with van der Waals surface area (Å²) in [6, 6.07) is 13.7. The van der Waals surface area contributed by atoms with E-state index >= 15 is 0 Å². The average molecular weight is 343 g/mol. The minimum Gasteiger partial charge on any atom is -0.336 e. The number of nitrogens with zero attached hydrogens (tertiary/aromatic N) is 2. The predicted octanol–water partition coefficient (Wildman–Crippen LogP) is 2.96. The molecule has 0 bridgehead atoms. The Morgan fingerprint density at radius 1 is 0.875 bits per heavy atom. The second kappa shape index (κ2) is 7.16. The van der Waals surface area contributed by atoms with Crippen LogP contribution in [-0.2, 0) is 0 Å². The van der Waals surface area contributed by atoms with Gasteiger partial charge in [-0.3, -0.25) is 9.59 Å². The lowest BCUT2D eigenvalue weighted by molar-refractivity contribution is 0.0661. The molecular weight excluding hydrogens is 324 g/mol. The van der Waals surface area contributed by atoms with Crippen molar-refractivity contribution in [3.63, 3.8) is 0 Å². The summed E-state index contributed by atoms with van der Waals surface area (Å²) in [4.78, 5) is 29.6. The zero-order valence-corrected chi connectivity index (χ0v) is 14.3. The number of hydrogen-bond donors (Lipinski definition) is 0. The van der Waals surface area contributed by atoms with Gasteiger partial charge in [0.1, 0.15) is 0 Å². The highest BCUT2D eigenvalue weighted by Gasteiger charge is 2.24. The van der Waals surface area contributed by atoms with Crippen molar-refractivity contribution < 1.29 is 9.59 Å². The molecule has 0 aliphatic carbocycles. The van der Waals surface area contributed by atoms with Crippen LogP contribution in [0.4, 0.5) is 0 Å². The van der Waals surface area contributed by atoms with Crippen molar-refractivity contribution in [3.8, 4) is 0 Å². The predicted molar refractivity (Wildman–Crippen MR) is 94.7 cm³/mol. The van der Waals surface area contributed by atoms with Crippen molar-refractivity contribution in [2.75, 3.05) is 33.2 Å². The lowest BCUT2D eigenvalue weighted by Crippen LogP contribution is -2.47. The summed E-state index contributed by atoms with van der Waals surface area (Å²) >= 11 is 5.88. The fourth-order valence-corrected chi connectivity index (χ4v) is 2.93. The Morgan fingerprint density at radius 3 is 2.08 bits per heavy atom. The molecule has 1 amide bonds. The SMILES string of the molecule is CN1CCN(C(=O)c2ccccc2C(=O)c2ccc(Cl)cc2)CC1. The molecule has 124 valence electrons. The van der Waals surface area contributed by atoms with Gasteiger partial charge in [-0.25, -0.2) is 0 Å². The fraction of sp³-hybridized carbons (Fsp3) is 0.263. The molecule has 0 aromatic heterocycles. The zero-order chi connectivity index (χ0) is 17.1. The molecule has 0 atom stereocenters. The maximum atomic E-state index is 12.9. The first-order valence-corrected chi connectivity index (χ1v) is 8.31. The van der Waals surface area contributed by atoms with E-state index in [2.05, 4.69) is 4.90 Å². The van der Waals surface area contributed by atoms with Crippen LogP contribution in [0.3, 0.4) is 0 Å². The summed E-state index contributed by atoms with van der Waals surface area (Å²) in [7, 11) is 2.04. The number of piperazine rings is 1. The number of hydrogen-bond acceptors (Lipinski definition) is 3. The number of benzene rings is 2. The van der Waals surface area contributed by atoms with Crippen molar-refractivity contribution in [2.45, 2.75) is 0 Å². The molecule has 0 spiro atoms. The zero-order valence-electron chi connectivity index (χ0n) is 13.5. The Bertz CT molecular complexity index is 750. The standard InChI is InChI=1S/C19H19ClN2O2/c1-21-10-12-22(13-11-21)19(24)17-5-3-2-4-16(17)18(23)14-6-8-15(20)9-7-14/h2-9H,10-13H2,1H3. The van der Waals surface area contributed by atoms with Crippen molar-refractivity contribution in [2.24, 2.45) is 0 Å². The highest BCUT2D eigenvalue weighted by atomic mass is 35.5. The molecule has 0 saturated carbocycles. The van der Waals surface area contributed by atoms with Crippen LogP contribution in [0, 0.1) is 0 Å². The van der Waals surface area contributed by atoms with Crippen LogP contribution in [0.15, 0.2) is 48.5 Å². The fourth-order valence-electron chi connectivity index (χ4n) is 2.80. The van der Waals surface area contributed by atoms with E-state index in [1.807, 2.05) is 11.9 Å². The van der Waals surface area contributed by atoms with E-state index in [9.17, 15) is 9.59 Å². The highest BCUT2D eigenvalue weighted by molar-refractivity contribution is 6.30. The first-order valence-electron chi connectivity index (χ1n) is 7.93. The third-order valence-electron chi connectivity index (χ3n) is 4.30. The maximum Gasteiger partial charge on any atom is 0.254 e. The van der Waals surface area contributed by atoms with E-state index in [0.717, 1.165) is 13.1 Å². The number of carbonyl (C=O) groups is 2. The molecule has 1 saturated heterocycles. The monoisotopic (exact) mass is 342 g/mol. The summed E-state index contributed by atoms with van der Waals surface area (Å²) in [6.07, 6.45) is 0. The Hall–Kier alpha value is -2.17. The summed E-state index contributed by atoms with van der Waals surface area (Å²) < 4.78 is 0. The number of rotatable bonds is 3. The van der Waals surface area contributed by atoms with Gasteiger partial charge in [0.05, 0.1) is 5.56 Å². The van der Waals surface area contributed by atoms with Gasteiger partial charge in [-0.05, 0) is 37.4 Å². The van der Waals surface area contributed by atoms with E-state index in [0.29, 0.717) is 34.8 Å². The van der Waals surface area contributed by atoms with E-state index in [1.54, 1.807) is 48.5 Å². The third kappa shape index (κ3) is 3.50. The van der Waals surface area contributed by atoms with E-state index in [1.165, 1.54) is 0 Å². The summed E-state index contributed by atoms with van der Waals surface area (Å²) in [6.45, 7) is 3.05. The van der Waals surface area contributed by atoms with E-state index in [-0.39, 0.29) is 11.7 Å². The maximum absolute atomic E-state index is 12.9. The van der Waals surface area contributed by atoms with Gasteiger partial charge >= 0.3 is 0 Å². The second-order valence-corrected chi connectivity index (χ2v) is 6.41. The lowest BCUT2D eigenvalue weighted by Gasteiger charge is -2.32. The smallest absolute Gasteiger partial charge is 0.254 e. The Kier molecular flexibility index (Phi) is 4.97. The minimum atomic E-state index is -0.162. The Morgan fingerprint density at radius 2 is 1.46 bits per heavy atom. The summed E-state index contributed by atoms with van der Waals surface area (Å²) in [5.74, 6) is -0.245. The van der Waals surface area contributed by atoms with Crippen LogP contribution >= 0.6 is 11.6 Å². The molecule has 1 aliphatic heterocycles. The van der Waals surface area contributed by atoms with Gasteiger partial charge in [-0.1, -0.05) is 29.8 Å². The number of carbonyl (C=O) groups excluding carboxylic acids is 2. The summed E-state index contributed by atoms with van der Waals surface area (Å²) in [5.41, 5.74) is 1.42. The second-order valence-electron chi connectivity index (χ2n) is 5.98. The molecular formula is C19H19ClN2O2.